The molecule has 0 bridgehead atoms. The summed E-state index contributed by atoms with van der Waals surface area (Å²) in [4.78, 5) is 4.44. The van der Waals surface area contributed by atoms with Gasteiger partial charge in [0, 0.05) is 31.4 Å². The molecule has 1 aliphatic heterocycles. The predicted octanol–water partition coefficient (Wildman–Crippen LogP) is 1.09. The number of nitrogens with two attached hydrogens (primary N) is 1. The fourth-order valence-electron chi connectivity index (χ4n) is 2.11. The van der Waals surface area contributed by atoms with Crippen LogP contribution in [0.1, 0.15) is 23.5 Å². The summed E-state index contributed by atoms with van der Waals surface area (Å²) in [5.41, 5.74) is 6.76. The number of nitrogens with one attached hydrogen (secondary N) is 1. The van der Waals surface area contributed by atoms with Crippen LogP contribution in [0.25, 0.3) is 0 Å². The van der Waals surface area contributed by atoms with Crippen LogP contribution in [-0.4, -0.2) is 36.8 Å². The van der Waals surface area contributed by atoms with E-state index < -0.39 is 0 Å². The molecule has 0 aromatic carbocycles. The number of rotatable bonds is 6. The summed E-state index contributed by atoms with van der Waals surface area (Å²) in [7, 11) is 0. The number of aromatic nitrogens is 1. The van der Waals surface area contributed by atoms with Gasteiger partial charge in [0.15, 0.2) is 0 Å². The Morgan fingerprint density at radius 2 is 2.35 bits per heavy atom. The van der Waals surface area contributed by atoms with Crippen LogP contribution in [0.15, 0.2) is 5.38 Å². The summed E-state index contributed by atoms with van der Waals surface area (Å²) < 4.78 is 5.77. The summed E-state index contributed by atoms with van der Waals surface area (Å²) in [5.74, 6) is 0. The van der Waals surface area contributed by atoms with Gasteiger partial charge in [-0.25, -0.2) is 4.98 Å². The lowest BCUT2D eigenvalue weighted by atomic mass is 10.2. The van der Waals surface area contributed by atoms with Gasteiger partial charge in [-0.1, -0.05) is 0 Å². The summed E-state index contributed by atoms with van der Waals surface area (Å²) >= 11 is 1.71. The molecule has 0 radical (unpaired) electrons. The van der Waals surface area contributed by atoms with Gasteiger partial charge in [0.1, 0.15) is 0 Å². The maximum Gasteiger partial charge on any atom is 0.0897 e. The first-order valence-electron chi connectivity index (χ1n) is 6.25. The van der Waals surface area contributed by atoms with E-state index in [-0.39, 0.29) is 6.10 Å². The van der Waals surface area contributed by atoms with Gasteiger partial charge in [-0.3, -0.25) is 0 Å². The molecule has 0 aliphatic carbocycles. The molecule has 2 unspecified atom stereocenters. The van der Waals surface area contributed by atoms with Crippen molar-refractivity contribution in [3.8, 4) is 0 Å². The Bertz CT molecular complexity index is 342. The Labute approximate surface area is 107 Å². The number of nitrogens with zero attached hydrogens (tertiary/aromatic N) is 1. The highest BCUT2D eigenvalue weighted by Crippen LogP contribution is 2.17. The van der Waals surface area contributed by atoms with Crippen LogP contribution in [-0.2, 0) is 11.2 Å². The fraction of sp³-hybridized carbons (Fsp3) is 0.750. The van der Waals surface area contributed by atoms with Crippen molar-refractivity contribution in [2.75, 3.05) is 19.6 Å². The molecule has 0 spiro atoms. The zero-order valence-corrected chi connectivity index (χ0v) is 11.1. The normalized spacial score (nSPS) is 24.4. The number of hydrogen-bond acceptors (Lipinski definition) is 5. The molecule has 2 atom stereocenters. The van der Waals surface area contributed by atoms with Crippen molar-refractivity contribution in [2.45, 2.75) is 38.4 Å². The Morgan fingerprint density at radius 3 is 3.00 bits per heavy atom. The van der Waals surface area contributed by atoms with Crippen molar-refractivity contribution in [3.63, 3.8) is 0 Å². The molecule has 1 aromatic heterocycles. The monoisotopic (exact) mass is 255 g/mol. The van der Waals surface area contributed by atoms with Gasteiger partial charge in [0.2, 0.25) is 0 Å². The first-order chi connectivity index (χ1) is 8.28. The van der Waals surface area contributed by atoms with Crippen LogP contribution >= 0.6 is 11.3 Å². The molecular weight excluding hydrogens is 234 g/mol. The highest BCUT2D eigenvalue weighted by molar-refractivity contribution is 7.09. The van der Waals surface area contributed by atoms with Crippen LogP contribution in [0.5, 0.6) is 0 Å². The molecular formula is C12H21N3OS. The van der Waals surface area contributed by atoms with Gasteiger partial charge >= 0.3 is 0 Å². The van der Waals surface area contributed by atoms with Gasteiger partial charge in [0.05, 0.1) is 22.9 Å². The van der Waals surface area contributed by atoms with E-state index in [4.69, 9.17) is 10.5 Å². The van der Waals surface area contributed by atoms with Crippen molar-refractivity contribution in [1.82, 2.24) is 10.3 Å². The molecule has 96 valence electrons. The minimum absolute atomic E-state index is 0.281. The second-order valence-electron chi connectivity index (χ2n) is 4.51. The van der Waals surface area contributed by atoms with Gasteiger partial charge in [-0.15, -0.1) is 11.3 Å². The van der Waals surface area contributed by atoms with Crippen LogP contribution in [0.3, 0.4) is 0 Å². The fourth-order valence-corrected chi connectivity index (χ4v) is 2.75. The summed E-state index contributed by atoms with van der Waals surface area (Å²) in [6, 6.07) is 0. The van der Waals surface area contributed by atoms with Gasteiger partial charge in [-0.2, -0.15) is 0 Å². The number of thiazole rings is 1. The minimum atomic E-state index is 0.281. The zero-order valence-electron chi connectivity index (χ0n) is 10.3. The minimum Gasteiger partial charge on any atom is -0.372 e. The van der Waals surface area contributed by atoms with Gasteiger partial charge in [-0.05, 0) is 19.8 Å². The number of aryl methyl sites for hydroxylation is 1. The van der Waals surface area contributed by atoms with E-state index in [1.54, 1.807) is 11.3 Å². The van der Waals surface area contributed by atoms with Crippen molar-refractivity contribution in [1.29, 1.82) is 0 Å². The highest BCUT2D eigenvalue weighted by Gasteiger charge is 2.23. The van der Waals surface area contributed by atoms with Crippen LogP contribution in [0.2, 0.25) is 0 Å². The van der Waals surface area contributed by atoms with E-state index in [2.05, 4.69) is 15.7 Å². The van der Waals surface area contributed by atoms with Crippen molar-refractivity contribution in [3.05, 3.63) is 16.1 Å². The number of hydrogen-bond donors (Lipinski definition) is 2. The maximum absolute atomic E-state index is 5.77. The third-order valence-corrected chi connectivity index (χ3v) is 3.88. The smallest absolute Gasteiger partial charge is 0.0897 e. The van der Waals surface area contributed by atoms with Crippen molar-refractivity contribution in [2.24, 2.45) is 5.73 Å². The molecule has 2 rings (SSSR count). The van der Waals surface area contributed by atoms with Gasteiger partial charge < -0.3 is 15.8 Å². The van der Waals surface area contributed by atoms with Crippen LogP contribution in [0.4, 0.5) is 0 Å². The highest BCUT2D eigenvalue weighted by atomic mass is 32.1. The predicted molar refractivity (Wildman–Crippen MR) is 70.4 cm³/mol. The molecule has 0 saturated carbocycles. The Kier molecular flexibility index (Phi) is 4.91. The van der Waals surface area contributed by atoms with E-state index in [9.17, 15) is 0 Å². The molecule has 4 nitrogen and oxygen atoms in total. The molecule has 5 heteroatoms. The molecule has 17 heavy (non-hydrogen) atoms. The second-order valence-corrected chi connectivity index (χ2v) is 5.57. The quantitative estimate of drug-likeness (QED) is 0.747. The van der Waals surface area contributed by atoms with Gasteiger partial charge in [0.25, 0.3) is 0 Å². The van der Waals surface area contributed by atoms with Crippen LogP contribution in [0, 0.1) is 6.92 Å². The molecule has 0 amide bonds. The topological polar surface area (TPSA) is 60.2 Å². The lowest BCUT2D eigenvalue weighted by molar-refractivity contribution is 0.0507. The first kappa shape index (κ1) is 13.0. The van der Waals surface area contributed by atoms with E-state index in [1.807, 2.05) is 6.92 Å². The summed E-state index contributed by atoms with van der Waals surface area (Å²) in [5, 5.41) is 6.70. The van der Waals surface area contributed by atoms with E-state index >= 15 is 0 Å². The van der Waals surface area contributed by atoms with Crippen molar-refractivity contribution < 1.29 is 4.74 Å². The molecule has 2 heterocycles. The molecule has 1 fully saturated rings. The molecule has 1 aliphatic rings. The Hall–Kier alpha value is -0.490. The van der Waals surface area contributed by atoms with Crippen LogP contribution < -0.4 is 11.1 Å². The largest absolute Gasteiger partial charge is 0.372 e. The zero-order chi connectivity index (χ0) is 12.1. The molecule has 3 N–H and O–H groups in total. The summed E-state index contributed by atoms with van der Waals surface area (Å²) in [6.07, 6.45) is 3.86. The SMILES string of the molecule is Cc1nc(CCNCC2CCC(CN)O2)cs1. The maximum atomic E-state index is 5.77. The Morgan fingerprint density at radius 1 is 1.53 bits per heavy atom. The molecule has 1 aromatic rings. The lowest BCUT2D eigenvalue weighted by Gasteiger charge is -2.12. The standard InChI is InChI=1S/C12H21N3OS/c1-9-15-10(8-17-9)4-5-14-7-12-3-2-11(6-13)16-12/h8,11-12,14H,2-7,13H2,1H3. The van der Waals surface area contributed by atoms with E-state index in [1.165, 1.54) is 5.69 Å². The van der Waals surface area contributed by atoms with Crippen molar-refractivity contribution >= 4 is 11.3 Å². The Balaban J connectivity index is 1.57. The molecule has 1 saturated heterocycles. The first-order valence-corrected chi connectivity index (χ1v) is 7.13. The summed E-state index contributed by atoms with van der Waals surface area (Å²) in [6.45, 7) is 4.59. The lowest BCUT2D eigenvalue weighted by Crippen LogP contribution is -2.30. The third-order valence-electron chi connectivity index (χ3n) is 3.05. The average Bonchev–Trinajstić information content (AvgIpc) is 2.93. The third kappa shape index (κ3) is 4.03. The second kappa shape index (κ2) is 6.44. The number of ether oxygens (including phenoxy) is 1. The van der Waals surface area contributed by atoms with E-state index in [0.717, 1.165) is 37.4 Å². The average molecular weight is 255 g/mol. The van der Waals surface area contributed by atoms with E-state index in [0.29, 0.717) is 12.6 Å².